The van der Waals surface area contributed by atoms with E-state index in [1.807, 2.05) is 0 Å². The van der Waals surface area contributed by atoms with Crippen LogP contribution in [-0.2, 0) is 18.3 Å². The molecule has 2 saturated heterocycles. The largest absolute Gasteiger partial charge is 0.107 e. The molecular formula is C22H37P2Rh. The van der Waals surface area contributed by atoms with Gasteiger partial charge in [-0.05, 0) is 30.8 Å². The second kappa shape index (κ2) is 11.5. The molecule has 0 aliphatic carbocycles. The number of hydrogen-bond donors (Lipinski definition) is 0. The third kappa shape index (κ3) is 6.10. The molecule has 0 N–H and O–H groups in total. The Kier molecular flexibility index (Phi) is 10.1. The third-order valence-corrected chi connectivity index (χ3v) is 13.7. The molecule has 0 amide bonds. The van der Waals surface area contributed by atoms with Crippen molar-refractivity contribution in [3.05, 3.63) is 24.3 Å². The van der Waals surface area contributed by atoms with Crippen LogP contribution in [0.25, 0.3) is 0 Å². The van der Waals surface area contributed by atoms with E-state index < -0.39 is 0 Å². The first-order chi connectivity index (χ1) is 12.1. The van der Waals surface area contributed by atoms with Crippen LogP contribution in [0.4, 0.5) is 0 Å². The molecule has 0 radical (unpaired) electrons. The first kappa shape index (κ1) is 22.0. The molecule has 3 heteroatoms. The smallest absolute Gasteiger partial charge is 0.0297 e. The Bertz CT molecular complexity index is 483. The van der Waals surface area contributed by atoms with E-state index in [9.17, 15) is 0 Å². The van der Waals surface area contributed by atoms with E-state index >= 15 is 0 Å². The topological polar surface area (TPSA) is 0 Å². The summed E-state index contributed by atoms with van der Waals surface area (Å²) < 4.78 is 1.41. The molecule has 0 unspecified atom stereocenters. The monoisotopic (exact) mass is 466 g/mol. The molecule has 25 heavy (non-hydrogen) atoms. The van der Waals surface area contributed by atoms with Gasteiger partial charge in [-0.15, -0.1) is 7.92 Å². The fraction of sp³-hybridized carbons (Fsp3) is 0.727. The van der Waals surface area contributed by atoms with Gasteiger partial charge in [0.05, 0.1) is 0 Å². The van der Waals surface area contributed by atoms with Crippen molar-refractivity contribution in [2.75, 3.05) is 18.5 Å². The van der Waals surface area contributed by atoms with E-state index in [0.29, 0.717) is 7.92 Å². The number of benzene rings is 1. The standard InChI is InChI=1S/C14H20P.C8H17P.Rh/c1-3-12-10-11-13(4-2)15(12)14-8-6-5-7-9-14;1-3-8-5-6-9(4-2)7-8;/h5-8,12-13H,3-4,10-11H2,1-2H3;8H,3-7H2,1-2H3;/t12-,13-;8-,9-;/m11./s1. The van der Waals surface area contributed by atoms with Crippen molar-refractivity contribution in [1.82, 2.24) is 0 Å². The van der Waals surface area contributed by atoms with Gasteiger partial charge in [0.2, 0.25) is 0 Å². The van der Waals surface area contributed by atoms with Crippen LogP contribution in [0, 0.1) is 5.92 Å². The van der Waals surface area contributed by atoms with Gasteiger partial charge in [0.15, 0.2) is 0 Å². The molecular weight excluding hydrogens is 429 g/mol. The fourth-order valence-corrected chi connectivity index (χ4v) is 11.5. The van der Waals surface area contributed by atoms with Crippen molar-refractivity contribution in [2.24, 2.45) is 5.92 Å². The van der Waals surface area contributed by atoms with Crippen molar-refractivity contribution < 1.29 is 18.3 Å². The Morgan fingerprint density at radius 2 is 1.56 bits per heavy atom. The van der Waals surface area contributed by atoms with E-state index in [1.165, 1.54) is 48.8 Å². The van der Waals surface area contributed by atoms with Crippen LogP contribution >= 0.6 is 15.8 Å². The number of hydrogen-bond acceptors (Lipinski definition) is 0. The maximum Gasteiger partial charge on any atom is -0.0297 e. The van der Waals surface area contributed by atoms with Crippen LogP contribution in [0.5, 0.6) is 0 Å². The molecule has 2 heterocycles. The molecule has 2 aliphatic rings. The summed E-state index contributed by atoms with van der Waals surface area (Å²) in [5.41, 5.74) is 1.94. The van der Waals surface area contributed by atoms with Crippen LogP contribution in [0.2, 0.25) is 0 Å². The average Bonchev–Trinajstić information content (AvgIpc) is 3.28. The van der Waals surface area contributed by atoms with Gasteiger partial charge < -0.3 is 0 Å². The Labute approximate surface area is 169 Å². The van der Waals surface area contributed by atoms with Gasteiger partial charge in [-0.2, -0.15) is 0 Å². The second-order valence-electron chi connectivity index (χ2n) is 7.49. The number of rotatable bonds is 5. The Balaban J connectivity index is 0.000000212. The molecule has 0 bridgehead atoms. The van der Waals surface area contributed by atoms with Crippen LogP contribution < -0.4 is 9.46 Å². The van der Waals surface area contributed by atoms with E-state index in [4.69, 9.17) is 0 Å². The first-order valence-corrected chi connectivity index (χ1v) is 14.6. The summed E-state index contributed by atoms with van der Waals surface area (Å²) in [5, 5.41) is 1.64. The predicted molar refractivity (Wildman–Crippen MR) is 116 cm³/mol. The maximum absolute atomic E-state index is 3.14. The SMILES string of the molecule is CC[C@@H]1CC[C@@H](CC)P1c1cccc[c]1[Rh].CC[C@@H]1CC[P@@](CC)C1. The van der Waals surface area contributed by atoms with Crippen LogP contribution in [0.15, 0.2) is 24.3 Å². The molecule has 4 atom stereocenters. The quantitative estimate of drug-likeness (QED) is 0.356. The van der Waals surface area contributed by atoms with Gasteiger partial charge in [-0.3, -0.25) is 0 Å². The molecule has 144 valence electrons. The van der Waals surface area contributed by atoms with Crippen molar-refractivity contribution in [2.45, 2.75) is 77.5 Å². The Morgan fingerprint density at radius 3 is 2.00 bits per heavy atom. The average molecular weight is 466 g/mol. The van der Waals surface area contributed by atoms with Crippen LogP contribution in [0.3, 0.4) is 0 Å². The van der Waals surface area contributed by atoms with E-state index in [1.54, 1.807) is 17.6 Å². The van der Waals surface area contributed by atoms with Crippen LogP contribution in [-0.4, -0.2) is 29.8 Å². The van der Waals surface area contributed by atoms with Crippen molar-refractivity contribution in [3.8, 4) is 0 Å². The van der Waals surface area contributed by atoms with Gasteiger partial charge >= 0.3 is 111 Å². The van der Waals surface area contributed by atoms with E-state index in [0.717, 1.165) is 17.2 Å². The van der Waals surface area contributed by atoms with E-state index in [2.05, 4.69) is 70.3 Å². The summed E-state index contributed by atoms with van der Waals surface area (Å²) >= 11 is 3.14. The van der Waals surface area contributed by atoms with Gasteiger partial charge in [0.1, 0.15) is 0 Å². The van der Waals surface area contributed by atoms with Crippen molar-refractivity contribution in [3.63, 3.8) is 0 Å². The minimum Gasteiger partial charge on any atom is -0.107 e. The summed E-state index contributed by atoms with van der Waals surface area (Å²) in [5.74, 6) is 1.11. The van der Waals surface area contributed by atoms with Gasteiger partial charge in [0, 0.05) is 0 Å². The summed E-state index contributed by atoms with van der Waals surface area (Å²) in [6.07, 6.45) is 13.2. The molecule has 2 fully saturated rings. The molecule has 2 aliphatic heterocycles. The molecule has 0 spiro atoms. The Morgan fingerprint density at radius 1 is 0.920 bits per heavy atom. The summed E-state index contributed by atoms with van der Waals surface area (Å²) in [6, 6.07) is 8.95. The summed E-state index contributed by atoms with van der Waals surface area (Å²) in [7, 11) is 0.596. The minimum atomic E-state index is 0.0844. The Hall–Kier alpha value is 0.703. The first-order valence-electron chi connectivity index (χ1n) is 10.4. The second-order valence-corrected chi connectivity index (χ2v) is 13.9. The minimum absolute atomic E-state index is 0.0844. The van der Waals surface area contributed by atoms with Gasteiger partial charge in [0.25, 0.3) is 0 Å². The van der Waals surface area contributed by atoms with Crippen LogP contribution in [0.1, 0.15) is 66.2 Å². The summed E-state index contributed by atoms with van der Waals surface area (Å²) in [6.45, 7) is 9.41. The molecule has 0 aromatic heterocycles. The van der Waals surface area contributed by atoms with Gasteiger partial charge in [-0.25, -0.2) is 0 Å². The molecule has 1 aromatic carbocycles. The van der Waals surface area contributed by atoms with Crippen molar-refractivity contribution in [1.29, 1.82) is 0 Å². The third-order valence-electron chi connectivity index (χ3n) is 6.07. The van der Waals surface area contributed by atoms with Crippen molar-refractivity contribution >= 4 is 25.3 Å². The zero-order valence-electron chi connectivity index (χ0n) is 16.6. The molecule has 3 rings (SSSR count). The predicted octanol–water partition coefficient (Wildman–Crippen LogP) is 6.24. The maximum atomic E-state index is 3.14. The zero-order valence-corrected chi connectivity index (χ0v) is 20.1. The summed E-state index contributed by atoms with van der Waals surface area (Å²) in [4.78, 5) is 0. The van der Waals surface area contributed by atoms with E-state index in [-0.39, 0.29) is 7.92 Å². The molecule has 0 saturated carbocycles. The normalized spacial score (nSPS) is 29.5. The fourth-order valence-electron chi connectivity index (χ4n) is 4.34. The zero-order chi connectivity index (χ0) is 18.2. The molecule has 0 nitrogen and oxygen atoms in total. The van der Waals surface area contributed by atoms with Gasteiger partial charge in [-0.1, -0.05) is 20.3 Å². The molecule has 1 aromatic rings.